The van der Waals surface area contributed by atoms with Gasteiger partial charge in [-0.3, -0.25) is 9.59 Å². The van der Waals surface area contributed by atoms with Gasteiger partial charge in [0.25, 0.3) is 0 Å². The van der Waals surface area contributed by atoms with Crippen LogP contribution in [0, 0.1) is 0 Å². The van der Waals surface area contributed by atoms with Crippen molar-refractivity contribution in [2.75, 3.05) is 27.2 Å². The van der Waals surface area contributed by atoms with E-state index in [1.165, 1.54) is 0 Å². The highest BCUT2D eigenvalue weighted by Crippen LogP contribution is 2.15. The Morgan fingerprint density at radius 1 is 1.09 bits per heavy atom. The number of ether oxygens (including phenoxy) is 1. The molecule has 0 unspecified atom stereocenters. The summed E-state index contributed by atoms with van der Waals surface area (Å²) >= 11 is 0. The van der Waals surface area contributed by atoms with E-state index < -0.39 is 36.4 Å². The maximum atomic E-state index is 10.4. The predicted octanol–water partition coefficient (Wildman–Crippen LogP) is -0.971. The van der Waals surface area contributed by atoms with E-state index in [9.17, 15) is 19.2 Å². The molecule has 0 saturated heterocycles. The number of nitrogens with zero attached hydrogens (tertiary/aromatic N) is 1. The van der Waals surface area contributed by atoms with Crippen LogP contribution in [0.3, 0.4) is 0 Å². The Labute approximate surface area is 132 Å². The molecule has 0 heterocycles. The second-order valence-electron chi connectivity index (χ2n) is 4.65. The minimum atomic E-state index is -2.74. The first-order valence-electron chi connectivity index (χ1n) is 6.28. The van der Waals surface area contributed by atoms with E-state index in [0.717, 1.165) is 12.6 Å². The zero-order valence-electron chi connectivity index (χ0n) is 12.9. The fraction of sp³-hybridized carbons (Fsp3) is 0.538. The van der Waals surface area contributed by atoms with E-state index in [-0.39, 0.29) is 5.97 Å². The number of rotatable bonds is 9. The van der Waals surface area contributed by atoms with E-state index in [2.05, 4.69) is 6.58 Å². The van der Waals surface area contributed by atoms with Crippen LogP contribution in [0.1, 0.15) is 12.8 Å². The molecule has 0 saturated carbocycles. The fourth-order valence-corrected chi connectivity index (χ4v) is 1.10. The van der Waals surface area contributed by atoms with Crippen molar-refractivity contribution in [3.8, 4) is 0 Å². The van der Waals surface area contributed by atoms with Gasteiger partial charge in [-0.15, -0.1) is 0 Å². The number of esters is 1. The summed E-state index contributed by atoms with van der Waals surface area (Å²) in [6.45, 7) is 4.45. The molecule has 0 atom stereocenters. The highest BCUT2D eigenvalue weighted by atomic mass is 16.5. The second kappa shape index (κ2) is 11.2. The lowest BCUT2D eigenvalue weighted by Gasteiger charge is -2.18. The number of aliphatic carboxylic acids is 3. The van der Waals surface area contributed by atoms with Crippen molar-refractivity contribution in [3.05, 3.63) is 12.7 Å². The van der Waals surface area contributed by atoms with Crippen LogP contribution < -0.4 is 0 Å². The van der Waals surface area contributed by atoms with Crippen molar-refractivity contribution in [1.29, 1.82) is 0 Å². The Morgan fingerprint density at radius 2 is 1.52 bits per heavy atom. The Kier molecular flexibility index (Phi) is 11.1. The van der Waals surface area contributed by atoms with Gasteiger partial charge in [0.1, 0.15) is 6.61 Å². The molecule has 4 N–H and O–H groups in total. The third kappa shape index (κ3) is 13.0. The summed E-state index contributed by atoms with van der Waals surface area (Å²) in [5.41, 5.74) is -2.74. The Bertz CT molecular complexity index is 429. The Balaban J connectivity index is 0. The fourth-order valence-electron chi connectivity index (χ4n) is 1.10. The van der Waals surface area contributed by atoms with E-state index >= 15 is 0 Å². The zero-order chi connectivity index (χ0) is 18.6. The highest BCUT2D eigenvalue weighted by molar-refractivity contribution is 5.88. The van der Waals surface area contributed by atoms with Crippen LogP contribution in [-0.2, 0) is 23.9 Å². The van der Waals surface area contributed by atoms with Crippen molar-refractivity contribution in [2.45, 2.75) is 18.4 Å². The molecule has 0 bridgehead atoms. The van der Waals surface area contributed by atoms with Gasteiger partial charge in [-0.1, -0.05) is 6.58 Å². The summed E-state index contributed by atoms with van der Waals surface area (Å²) in [5, 5.41) is 33.8. The number of hydrogen-bond acceptors (Lipinski definition) is 7. The zero-order valence-corrected chi connectivity index (χ0v) is 12.9. The van der Waals surface area contributed by atoms with E-state index in [4.69, 9.17) is 25.2 Å². The van der Waals surface area contributed by atoms with Crippen LogP contribution >= 0.6 is 0 Å². The predicted molar refractivity (Wildman–Crippen MR) is 76.8 cm³/mol. The van der Waals surface area contributed by atoms with Gasteiger partial charge in [-0.25, -0.2) is 9.59 Å². The summed E-state index contributed by atoms with van der Waals surface area (Å²) in [6.07, 6.45) is -1.13. The monoisotopic (exact) mass is 335 g/mol. The van der Waals surface area contributed by atoms with Crippen molar-refractivity contribution >= 4 is 23.9 Å². The molecule has 0 aliphatic heterocycles. The minimum Gasteiger partial charge on any atom is -0.481 e. The van der Waals surface area contributed by atoms with Crippen molar-refractivity contribution in [2.24, 2.45) is 0 Å². The molecule has 0 rings (SSSR count). The van der Waals surface area contributed by atoms with Crippen molar-refractivity contribution in [3.63, 3.8) is 0 Å². The van der Waals surface area contributed by atoms with Gasteiger partial charge in [-0.2, -0.15) is 0 Å². The number of carboxylic acid groups (broad SMARTS) is 3. The van der Waals surface area contributed by atoms with E-state index in [1.807, 2.05) is 19.0 Å². The van der Waals surface area contributed by atoms with E-state index in [0.29, 0.717) is 6.61 Å². The lowest BCUT2D eigenvalue weighted by Crippen LogP contribution is -2.42. The molecule has 0 amide bonds. The maximum Gasteiger partial charge on any atom is 0.336 e. The lowest BCUT2D eigenvalue weighted by molar-refractivity contribution is -0.170. The smallest absolute Gasteiger partial charge is 0.336 e. The molecule has 0 aromatic heterocycles. The normalized spacial score (nSPS) is 10.3. The van der Waals surface area contributed by atoms with Crippen molar-refractivity contribution < 1.29 is 44.3 Å². The Hall–Kier alpha value is -2.46. The molecule has 0 aliphatic carbocycles. The van der Waals surface area contributed by atoms with Gasteiger partial charge >= 0.3 is 23.9 Å². The third-order valence-electron chi connectivity index (χ3n) is 2.23. The topological polar surface area (TPSA) is 162 Å². The molecule has 10 nitrogen and oxygen atoms in total. The average molecular weight is 335 g/mol. The molecule has 0 aromatic rings. The highest BCUT2D eigenvalue weighted by Gasteiger charge is 2.40. The number of carbonyl (C=O) groups is 4. The van der Waals surface area contributed by atoms with Gasteiger partial charge < -0.3 is 30.1 Å². The van der Waals surface area contributed by atoms with Gasteiger partial charge in [0.15, 0.2) is 5.60 Å². The van der Waals surface area contributed by atoms with Crippen LogP contribution in [0.25, 0.3) is 0 Å². The van der Waals surface area contributed by atoms with Crippen LogP contribution in [0.4, 0.5) is 0 Å². The van der Waals surface area contributed by atoms with Crippen LogP contribution in [-0.4, -0.2) is 82.1 Å². The molecule has 0 aromatic carbocycles. The summed E-state index contributed by atoms with van der Waals surface area (Å²) in [6, 6.07) is 0. The first kappa shape index (κ1) is 22.8. The number of carbonyl (C=O) groups excluding carboxylic acids is 1. The first-order valence-corrected chi connectivity index (χ1v) is 6.28. The van der Waals surface area contributed by atoms with Gasteiger partial charge in [0, 0.05) is 12.6 Å². The molecule has 0 fully saturated rings. The van der Waals surface area contributed by atoms with Crippen LogP contribution in [0.2, 0.25) is 0 Å². The van der Waals surface area contributed by atoms with Gasteiger partial charge in [0.2, 0.25) is 0 Å². The lowest BCUT2D eigenvalue weighted by atomic mass is 9.96. The quantitative estimate of drug-likeness (QED) is 0.304. The third-order valence-corrected chi connectivity index (χ3v) is 2.23. The van der Waals surface area contributed by atoms with Crippen LogP contribution in [0.5, 0.6) is 0 Å². The van der Waals surface area contributed by atoms with Gasteiger partial charge in [-0.05, 0) is 14.1 Å². The molecule has 23 heavy (non-hydrogen) atoms. The van der Waals surface area contributed by atoms with Crippen molar-refractivity contribution in [1.82, 2.24) is 4.90 Å². The number of carboxylic acids is 3. The molecule has 10 heteroatoms. The summed E-state index contributed by atoms with van der Waals surface area (Å²) in [5.74, 6) is -5.38. The molecule has 0 spiro atoms. The van der Waals surface area contributed by atoms with Gasteiger partial charge in [0.05, 0.1) is 12.8 Å². The summed E-state index contributed by atoms with van der Waals surface area (Å²) in [7, 11) is 3.84. The number of hydrogen-bond donors (Lipinski definition) is 4. The first-order chi connectivity index (χ1) is 10.4. The molecular weight excluding hydrogens is 314 g/mol. The molecule has 132 valence electrons. The standard InChI is InChI=1S/C7H13NO2.C6H8O7/c1-4-7(9)10-6-5-8(2)3;7-3(8)1-6(13,5(11)12)2-4(9)10/h4H,1,5-6H2,2-3H3;13H,1-2H2,(H,7,8)(H,9,10)(H,11,12). The Morgan fingerprint density at radius 3 is 1.78 bits per heavy atom. The summed E-state index contributed by atoms with van der Waals surface area (Å²) < 4.78 is 4.70. The second-order valence-corrected chi connectivity index (χ2v) is 4.65. The molecule has 0 aliphatic rings. The average Bonchev–Trinajstić information content (AvgIpc) is 2.36. The van der Waals surface area contributed by atoms with E-state index in [1.54, 1.807) is 0 Å². The maximum absolute atomic E-state index is 10.4. The molecular formula is C13H21NO9. The largest absolute Gasteiger partial charge is 0.481 e. The summed E-state index contributed by atoms with van der Waals surface area (Å²) in [4.78, 5) is 42.9. The number of likely N-dealkylation sites (N-methyl/N-ethyl adjacent to an activating group) is 1. The SMILES string of the molecule is C=CC(=O)OCCN(C)C.O=C(O)CC(O)(CC(=O)O)C(=O)O. The van der Waals surface area contributed by atoms with Crippen LogP contribution in [0.15, 0.2) is 12.7 Å². The number of aliphatic hydroxyl groups is 1. The molecule has 0 radical (unpaired) electrons. The minimum absolute atomic E-state index is 0.359.